The fourth-order valence-electron chi connectivity index (χ4n) is 3.62. The zero-order chi connectivity index (χ0) is 19.6. The number of piperidine rings is 1. The van der Waals surface area contributed by atoms with E-state index >= 15 is 0 Å². The van der Waals surface area contributed by atoms with Crippen LogP contribution < -0.4 is 4.74 Å². The van der Waals surface area contributed by atoms with Crippen LogP contribution in [0.25, 0.3) is 0 Å². The standard InChI is InChI=1S/C19H24N4O4/c1-12-8-15(9-13(2)17(12)27-10-16(24)25)19(26)23-6-4-14(5-7-23)18-21-20-11-22(18)3/h8-9,11,14H,4-7,10H2,1-3H3,(H,24,25). The molecule has 1 fully saturated rings. The Kier molecular flexibility index (Phi) is 5.43. The van der Waals surface area contributed by atoms with Gasteiger partial charge in [0.15, 0.2) is 6.61 Å². The van der Waals surface area contributed by atoms with E-state index in [0.717, 1.165) is 29.8 Å². The third kappa shape index (κ3) is 4.10. The molecule has 0 aliphatic carbocycles. The Morgan fingerprint density at radius 2 is 1.85 bits per heavy atom. The van der Waals surface area contributed by atoms with Gasteiger partial charge in [0, 0.05) is 31.6 Å². The normalized spacial score (nSPS) is 15.0. The maximum Gasteiger partial charge on any atom is 0.341 e. The number of aryl methyl sites for hydroxylation is 3. The van der Waals surface area contributed by atoms with Crippen molar-refractivity contribution in [2.75, 3.05) is 19.7 Å². The smallest absolute Gasteiger partial charge is 0.341 e. The Bertz CT molecular complexity index is 830. The van der Waals surface area contributed by atoms with E-state index in [1.165, 1.54) is 0 Å². The molecule has 2 heterocycles. The zero-order valence-corrected chi connectivity index (χ0v) is 15.8. The van der Waals surface area contributed by atoms with Gasteiger partial charge in [-0.25, -0.2) is 4.79 Å². The Morgan fingerprint density at radius 3 is 2.37 bits per heavy atom. The molecule has 0 atom stereocenters. The Balaban J connectivity index is 1.68. The van der Waals surface area contributed by atoms with Gasteiger partial charge >= 0.3 is 5.97 Å². The number of benzene rings is 1. The van der Waals surface area contributed by atoms with Crippen LogP contribution in [0, 0.1) is 13.8 Å². The fourth-order valence-corrected chi connectivity index (χ4v) is 3.62. The number of hydrogen-bond acceptors (Lipinski definition) is 5. The van der Waals surface area contributed by atoms with Gasteiger partial charge in [-0.1, -0.05) is 0 Å². The van der Waals surface area contributed by atoms with Crippen LogP contribution in [-0.4, -0.2) is 56.3 Å². The predicted molar refractivity (Wildman–Crippen MR) is 97.9 cm³/mol. The quantitative estimate of drug-likeness (QED) is 0.861. The summed E-state index contributed by atoms with van der Waals surface area (Å²) < 4.78 is 7.27. The summed E-state index contributed by atoms with van der Waals surface area (Å²) in [5, 5.41) is 16.9. The molecule has 1 aromatic carbocycles. The zero-order valence-electron chi connectivity index (χ0n) is 15.8. The van der Waals surface area contributed by atoms with Crippen LogP contribution in [0.1, 0.15) is 46.1 Å². The van der Waals surface area contributed by atoms with Crippen molar-refractivity contribution in [1.82, 2.24) is 19.7 Å². The summed E-state index contributed by atoms with van der Waals surface area (Å²) in [5.41, 5.74) is 2.12. The maximum absolute atomic E-state index is 12.9. The lowest BCUT2D eigenvalue weighted by Gasteiger charge is -2.31. The molecule has 1 aliphatic heterocycles. The average molecular weight is 372 g/mol. The third-order valence-corrected chi connectivity index (χ3v) is 4.94. The van der Waals surface area contributed by atoms with Crippen molar-refractivity contribution >= 4 is 11.9 Å². The maximum atomic E-state index is 12.9. The number of carboxylic acid groups (broad SMARTS) is 1. The van der Waals surface area contributed by atoms with Gasteiger partial charge in [0.1, 0.15) is 17.9 Å². The van der Waals surface area contributed by atoms with E-state index in [4.69, 9.17) is 9.84 Å². The minimum absolute atomic E-state index is 0.0117. The van der Waals surface area contributed by atoms with Gasteiger partial charge < -0.3 is 19.3 Å². The first-order valence-electron chi connectivity index (χ1n) is 8.95. The lowest BCUT2D eigenvalue weighted by atomic mass is 9.95. The average Bonchev–Trinajstić information content (AvgIpc) is 3.06. The number of amides is 1. The molecule has 1 saturated heterocycles. The summed E-state index contributed by atoms with van der Waals surface area (Å²) in [5.74, 6) is 0.766. The van der Waals surface area contributed by atoms with Crippen LogP contribution in [0.4, 0.5) is 0 Å². The minimum Gasteiger partial charge on any atom is -0.481 e. The number of aromatic nitrogens is 3. The number of hydrogen-bond donors (Lipinski definition) is 1. The molecule has 27 heavy (non-hydrogen) atoms. The van der Waals surface area contributed by atoms with E-state index < -0.39 is 12.6 Å². The molecule has 1 aliphatic rings. The number of aliphatic carboxylic acids is 1. The highest BCUT2D eigenvalue weighted by Gasteiger charge is 2.27. The highest BCUT2D eigenvalue weighted by Crippen LogP contribution is 2.29. The molecule has 0 radical (unpaired) electrons. The molecule has 3 rings (SSSR count). The van der Waals surface area contributed by atoms with Crippen LogP contribution in [0.5, 0.6) is 5.75 Å². The summed E-state index contributed by atoms with van der Waals surface area (Å²) in [4.78, 5) is 25.5. The van der Waals surface area contributed by atoms with Gasteiger partial charge in [-0.15, -0.1) is 10.2 Å². The number of likely N-dealkylation sites (tertiary alicyclic amines) is 1. The summed E-state index contributed by atoms with van der Waals surface area (Å²) in [7, 11) is 1.94. The molecule has 0 saturated carbocycles. The van der Waals surface area contributed by atoms with E-state index in [9.17, 15) is 9.59 Å². The number of carboxylic acids is 1. The second kappa shape index (κ2) is 7.77. The molecule has 0 unspecified atom stereocenters. The third-order valence-electron chi connectivity index (χ3n) is 4.94. The second-order valence-electron chi connectivity index (χ2n) is 6.99. The molecule has 0 bridgehead atoms. The summed E-state index contributed by atoms with van der Waals surface area (Å²) in [6.07, 6.45) is 3.42. The molecule has 8 heteroatoms. The molecular formula is C19H24N4O4. The van der Waals surface area contributed by atoms with Crippen LogP contribution in [0.3, 0.4) is 0 Å². The molecular weight excluding hydrogens is 348 g/mol. The number of nitrogens with zero attached hydrogens (tertiary/aromatic N) is 4. The second-order valence-corrected chi connectivity index (χ2v) is 6.99. The summed E-state index contributed by atoms with van der Waals surface area (Å²) in [6.45, 7) is 4.59. The summed E-state index contributed by atoms with van der Waals surface area (Å²) >= 11 is 0. The van der Waals surface area contributed by atoms with Crippen molar-refractivity contribution in [2.45, 2.75) is 32.6 Å². The number of ether oxygens (including phenoxy) is 1. The van der Waals surface area contributed by atoms with Gasteiger partial charge in [0.05, 0.1) is 0 Å². The van der Waals surface area contributed by atoms with Crippen molar-refractivity contribution in [3.63, 3.8) is 0 Å². The topological polar surface area (TPSA) is 97.5 Å². The lowest BCUT2D eigenvalue weighted by Crippen LogP contribution is -2.38. The van der Waals surface area contributed by atoms with Crippen molar-refractivity contribution in [3.05, 3.63) is 41.0 Å². The largest absolute Gasteiger partial charge is 0.481 e. The van der Waals surface area contributed by atoms with E-state index in [2.05, 4.69) is 10.2 Å². The molecule has 1 aromatic heterocycles. The van der Waals surface area contributed by atoms with E-state index in [1.807, 2.05) is 30.4 Å². The molecule has 1 N–H and O–H groups in total. The van der Waals surface area contributed by atoms with Crippen LogP contribution >= 0.6 is 0 Å². The van der Waals surface area contributed by atoms with Crippen molar-refractivity contribution in [3.8, 4) is 5.75 Å². The van der Waals surface area contributed by atoms with Crippen LogP contribution in [0.2, 0.25) is 0 Å². The van der Waals surface area contributed by atoms with Gasteiger partial charge in [0.2, 0.25) is 0 Å². The molecule has 1 amide bonds. The van der Waals surface area contributed by atoms with E-state index in [-0.39, 0.29) is 5.91 Å². The SMILES string of the molecule is Cc1cc(C(=O)N2CCC(c3nncn3C)CC2)cc(C)c1OCC(=O)O. The van der Waals surface area contributed by atoms with Crippen molar-refractivity contribution < 1.29 is 19.4 Å². The van der Waals surface area contributed by atoms with Crippen molar-refractivity contribution in [1.29, 1.82) is 0 Å². The van der Waals surface area contributed by atoms with Crippen molar-refractivity contribution in [2.24, 2.45) is 7.05 Å². The van der Waals surface area contributed by atoms with Crippen LogP contribution in [0.15, 0.2) is 18.5 Å². The first kappa shape index (κ1) is 18.9. The van der Waals surface area contributed by atoms with Gasteiger partial charge in [-0.3, -0.25) is 4.79 Å². The highest BCUT2D eigenvalue weighted by molar-refractivity contribution is 5.95. The Hall–Kier alpha value is -2.90. The number of carbonyl (C=O) groups is 2. The van der Waals surface area contributed by atoms with E-state index in [1.54, 1.807) is 18.5 Å². The number of carbonyl (C=O) groups excluding carboxylic acids is 1. The summed E-state index contributed by atoms with van der Waals surface area (Å²) in [6, 6.07) is 3.53. The monoisotopic (exact) mass is 372 g/mol. The first-order valence-corrected chi connectivity index (χ1v) is 8.95. The lowest BCUT2D eigenvalue weighted by molar-refractivity contribution is -0.139. The number of rotatable bonds is 5. The molecule has 144 valence electrons. The fraction of sp³-hybridized carbons (Fsp3) is 0.474. The van der Waals surface area contributed by atoms with Crippen LogP contribution in [-0.2, 0) is 11.8 Å². The predicted octanol–water partition coefficient (Wildman–Crippen LogP) is 1.92. The molecule has 0 spiro atoms. The molecule has 2 aromatic rings. The minimum atomic E-state index is -1.03. The van der Waals surface area contributed by atoms with Gasteiger partial charge in [0.25, 0.3) is 5.91 Å². The first-order chi connectivity index (χ1) is 12.9. The Morgan fingerprint density at radius 1 is 1.22 bits per heavy atom. The highest BCUT2D eigenvalue weighted by atomic mass is 16.5. The Labute approximate surface area is 157 Å². The molecule has 8 nitrogen and oxygen atoms in total. The van der Waals surface area contributed by atoms with E-state index in [0.29, 0.717) is 30.3 Å². The van der Waals surface area contributed by atoms with Gasteiger partial charge in [-0.2, -0.15) is 0 Å². The van der Waals surface area contributed by atoms with Gasteiger partial charge in [-0.05, 0) is 49.9 Å².